The summed E-state index contributed by atoms with van der Waals surface area (Å²) in [6.45, 7) is -0.154. The first-order valence-corrected chi connectivity index (χ1v) is 7.54. The van der Waals surface area contributed by atoms with Gasteiger partial charge in [-0.1, -0.05) is 23.7 Å². The van der Waals surface area contributed by atoms with Gasteiger partial charge in [-0.2, -0.15) is 0 Å². The van der Waals surface area contributed by atoms with Crippen molar-refractivity contribution < 1.29 is 9.53 Å². The normalized spacial score (nSPS) is 10.6. The molecule has 6 nitrogen and oxygen atoms in total. The first-order valence-electron chi connectivity index (χ1n) is 7.16. The van der Waals surface area contributed by atoms with Crippen LogP contribution >= 0.6 is 11.6 Å². The van der Waals surface area contributed by atoms with E-state index >= 15 is 0 Å². The molecular weight excluding hydrogens is 330 g/mol. The quantitative estimate of drug-likeness (QED) is 0.790. The number of amides is 1. The Morgan fingerprint density at radius 2 is 2.08 bits per heavy atom. The van der Waals surface area contributed by atoms with Crippen molar-refractivity contribution in [2.45, 2.75) is 6.54 Å². The van der Waals surface area contributed by atoms with Crippen LogP contribution in [0.1, 0.15) is 0 Å². The molecule has 3 rings (SSSR count). The average Bonchev–Trinajstić information content (AvgIpc) is 2.59. The Morgan fingerprint density at radius 3 is 2.83 bits per heavy atom. The molecule has 1 amide bonds. The predicted molar refractivity (Wildman–Crippen MR) is 92.6 cm³/mol. The van der Waals surface area contributed by atoms with E-state index in [1.807, 2.05) is 0 Å². The summed E-state index contributed by atoms with van der Waals surface area (Å²) in [4.78, 5) is 28.7. The Morgan fingerprint density at radius 1 is 1.29 bits per heavy atom. The highest BCUT2D eigenvalue weighted by Gasteiger charge is 2.10. The number of aromatic nitrogens is 2. The number of ether oxygens (including phenoxy) is 1. The number of carbonyl (C=O) groups excluding carboxylic acids is 1. The minimum absolute atomic E-state index is 0.154. The topological polar surface area (TPSA) is 73.2 Å². The third-order valence-corrected chi connectivity index (χ3v) is 3.81. The van der Waals surface area contributed by atoms with Crippen molar-refractivity contribution in [3.8, 4) is 5.75 Å². The fourth-order valence-electron chi connectivity index (χ4n) is 2.29. The minimum atomic E-state index is -0.374. The zero-order valence-corrected chi connectivity index (χ0v) is 13.6. The van der Waals surface area contributed by atoms with Gasteiger partial charge in [0, 0.05) is 6.07 Å². The molecule has 24 heavy (non-hydrogen) atoms. The average molecular weight is 344 g/mol. The second kappa shape index (κ2) is 6.72. The van der Waals surface area contributed by atoms with Gasteiger partial charge in [0.15, 0.2) is 0 Å². The fourth-order valence-corrected chi connectivity index (χ4v) is 2.51. The van der Waals surface area contributed by atoms with Gasteiger partial charge < -0.3 is 10.1 Å². The van der Waals surface area contributed by atoms with E-state index in [0.29, 0.717) is 27.4 Å². The van der Waals surface area contributed by atoms with Gasteiger partial charge >= 0.3 is 0 Å². The van der Waals surface area contributed by atoms with Crippen molar-refractivity contribution in [1.29, 1.82) is 0 Å². The number of hydrogen-bond acceptors (Lipinski definition) is 4. The Hall–Kier alpha value is -2.86. The predicted octanol–water partition coefficient (Wildman–Crippen LogP) is 2.70. The third-order valence-electron chi connectivity index (χ3n) is 3.50. The monoisotopic (exact) mass is 343 g/mol. The molecule has 0 spiro atoms. The minimum Gasteiger partial charge on any atom is -0.497 e. The number of methoxy groups -OCH3 is 1. The summed E-state index contributed by atoms with van der Waals surface area (Å²) in [6, 6.07) is 11.9. The summed E-state index contributed by atoms with van der Waals surface area (Å²) in [5.74, 6) is 0.217. The zero-order valence-electron chi connectivity index (χ0n) is 12.8. The Bertz CT molecular complexity index is 969. The number of nitrogens with one attached hydrogen (secondary N) is 1. The van der Waals surface area contributed by atoms with E-state index in [4.69, 9.17) is 16.3 Å². The van der Waals surface area contributed by atoms with E-state index in [1.165, 1.54) is 18.0 Å². The van der Waals surface area contributed by atoms with E-state index < -0.39 is 0 Å². The second-order valence-corrected chi connectivity index (χ2v) is 5.50. The molecule has 0 aliphatic heterocycles. The van der Waals surface area contributed by atoms with Crippen LogP contribution in [-0.4, -0.2) is 22.6 Å². The molecule has 0 aliphatic rings. The summed E-state index contributed by atoms with van der Waals surface area (Å²) in [6.07, 6.45) is 1.36. The van der Waals surface area contributed by atoms with Crippen molar-refractivity contribution in [1.82, 2.24) is 9.55 Å². The van der Waals surface area contributed by atoms with Gasteiger partial charge in [0.2, 0.25) is 5.91 Å². The van der Waals surface area contributed by atoms with Crippen LogP contribution in [-0.2, 0) is 11.3 Å². The summed E-state index contributed by atoms with van der Waals surface area (Å²) in [5, 5.41) is 3.49. The van der Waals surface area contributed by atoms with Crippen LogP contribution in [0.5, 0.6) is 5.75 Å². The maximum absolute atomic E-state index is 12.4. The Kier molecular flexibility index (Phi) is 4.48. The van der Waals surface area contributed by atoms with E-state index in [9.17, 15) is 9.59 Å². The number of carbonyl (C=O) groups is 1. The zero-order chi connectivity index (χ0) is 17.1. The van der Waals surface area contributed by atoms with Gasteiger partial charge in [-0.3, -0.25) is 14.2 Å². The highest BCUT2D eigenvalue weighted by molar-refractivity contribution is 6.33. The van der Waals surface area contributed by atoms with Crippen LogP contribution in [0.3, 0.4) is 0 Å². The number of halogens is 1. The third kappa shape index (κ3) is 3.23. The standard InChI is InChI=1S/C17H14ClN3O3/c1-24-11-6-7-15(13(18)8-11)20-16(22)9-21-10-19-14-5-3-2-4-12(14)17(21)23/h2-8,10H,9H2,1H3,(H,20,22). The lowest BCUT2D eigenvalue weighted by Crippen LogP contribution is -2.27. The van der Waals surface area contributed by atoms with Gasteiger partial charge in [-0.15, -0.1) is 0 Å². The summed E-state index contributed by atoms with van der Waals surface area (Å²) < 4.78 is 6.32. The number of anilines is 1. The van der Waals surface area contributed by atoms with E-state index in [2.05, 4.69) is 10.3 Å². The molecule has 0 unspecified atom stereocenters. The maximum Gasteiger partial charge on any atom is 0.261 e. The molecule has 0 fully saturated rings. The first-order chi connectivity index (χ1) is 11.6. The largest absolute Gasteiger partial charge is 0.497 e. The second-order valence-electron chi connectivity index (χ2n) is 5.09. The van der Waals surface area contributed by atoms with Crippen molar-refractivity contribution in [2.24, 2.45) is 0 Å². The van der Waals surface area contributed by atoms with Gasteiger partial charge in [-0.25, -0.2) is 4.98 Å². The highest BCUT2D eigenvalue weighted by Crippen LogP contribution is 2.26. The van der Waals surface area contributed by atoms with Crippen molar-refractivity contribution in [3.05, 3.63) is 64.2 Å². The highest BCUT2D eigenvalue weighted by atomic mass is 35.5. The van der Waals surface area contributed by atoms with Crippen molar-refractivity contribution in [3.63, 3.8) is 0 Å². The number of rotatable bonds is 4. The number of hydrogen-bond donors (Lipinski definition) is 1. The van der Waals surface area contributed by atoms with Gasteiger partial charge in [0.05, 0.1) is 35.1 Å². The molecule has 7 heteroatoms. The van der Waals surface area contributed by atoms with E-state index in [-0.39, 0.29) is 18.0 Å². The number of fused-ring (bicyclic) bond motifs is 1. The Labute approximate surface area is 142 Å². The fraction of sp³-hybridized carbons (Fsp3) is 0.118. The van der Waals surface area contributed by atoms with Gasteiger partial charge in [-0.05, 0) is 24.3 Å². The summed E-state index contributed by atoms with van der Waals surface area (Å²) >= 11 is 6.09. The lowest BCUT2D eigenvalue weighted by atomic mass is 10.2. The van der Waals surface area contributed by atoms with Crippen LogP contribution < -0.4 is 15.6 Å². The molecule has 1 heterocycles. The molecule has 1 N–H and O–H groups in total. The van der Waals surface area contributed by atoms with Crippen molar-refractivity contribution >= 4 is 34.1 Å². The molecular formula is C17H14ClN3O3. The summed E-state index contributed by atoms with van der Waals surface area (Å²) in [5.41, 5.74) is 0.776. The molecule has 0 saturated carbocycles. The number of nitrogens with zero attached hydrogens (tertiary/aromatic N) is 2. The molecule has 0 aliphatic carbocycles. The molecule has 0 bridgehead atoms. The molecule has 122 valence electrons. The van der Waals surface area contributed by atoms with Gasteiger partial charge in [0.1, 0.15) is 12.3 Å². The number of para-hydroxylation sites is 1. The molecule has 0 saturated heterocycles. The van der Waals surface area contributed by atoms with E-state index in [0.717, 1.165) is 0 Å². The smallest absolute Gasteiger partial charge is 0.261 e. The Balaban J connectivity index is 1.80. The molecule has 1 aromatic heterocycles. The van der Waals surface area contributed by atoms with Crippen LogP contribution in [0.2, 0.25) is 5.02 Å². The van der Waals surface area contributed by atoms with Crippen molar-refractivity contribution in [2.75, 3.05) is 12.4 Å². The van der Waals surface area contributed by atoms with Crippen LogP contribution in [0.15, 0.2) is 53.6 Å². The SMILES string of the molecule is COc1ccc(NC(=O)Cn2cnc3ccccc3c2=O)c(Cl)c1. The lowest BCUT2D eigenvalue weighted by Gasteiger charge is -2.10. The first kappa shape index (κ1) is 16.0. The van der Waals surface area contributed by atoms with E-state index in [1.54, 1.807) is 42.5 Å². The summed E-state index contributed by atoms with van der Waals surface area (Å²) in [7, 11) is 1.53. The number of benzene rings is 2. The molecule has 0 atom stereocenters. The molecule has 0 radical (unpaired) electrons. The van der Waals surface area contributed by atoms with Crippen LogP contribution in [0.4, 0.5) is 5.69 Å². The molecule has 3 aromatic rings. The maximum atomic E-state index is 12.4. The molecule has 2 aromatic carbocycles. The lowest BCUT2D eigenvalue weighted by molar-refractivity contribution is -0.116. The van der Waals surface area contributed by atoms with Crippen LogP contribution in [0.25, 0.3) is 10.9 Å². The van der Waals surface area contributed by atoms with Crippen LogP contribution in [0, 0.1) is 0 Å². The van der Waals surface area contributed by atoms with Gasteiger partial charge in [0.25, 0.3) is 5.56 Å².